The van der Waals surface area contributed by atoms with Gasteiger partial charge in [-0.3, -0.25) is 9.69 Å². The SMILES string of the molecule is C=CCN(CC(=O)OCC)C(C)C=C. The van der Waals surface area contributed by atoms with E-state index in [1.165, 1.54) is 0 Å². The normalized spacial score (nSPS) is 12.2. The fraction of sp³-hybridized carbons (Fsp3) is 0.545. The van der Waals surface area contributed by atoms with Crippen LogP contribution in [0, 0.1) is 0 Å². The van der Waals surface area contributed by atoms with Crippen LogP contribution in [0.15, 0.2) is 25.3 Å². The molecule has 0 radical (unpaired) electrons. The van der Waals surface area contributed by atoms with Gasteiger partial charge in [0.1, 0.15) is 0 Å². The second-order valence-corrected chi connectivity index (χ2v) is 3.00. The van der Waals surface area contributed by atoms with Gasteiger partial charge in [-0.25, -0.2) is 0 Å². The highest BCUT2D eigenvalue weighted by atomic mass is 16.5. The maximum Gasteiger partial charge on any atom is 0.320 e. The van der Waals surface area contributed by atoms with E-state index in [9.17, 15) is 4.79 Å². The van der Waals surface area contributed by atoms with Crippen molar-refractivity contribution in [2.45, 2.75) is 19.9 Å². The Kier molecular flexibility index (Phi) is 6.76. The molecule has 0 amide bonds. The van der Waals surface area contributed by atoms with Gasteiger partial charge in [0.15, 0.2) is 0 Å². The summed E-state index contributed by atoms with van der Waals surface area (Å²) in [5.41, 5.74) is 0. The molecular formula is C11H19NO2. The summed E-state index contributed by atoms with van der Waals surface area (Å²) in [6, 6.07) is 0.150. The number of ether oxygens (including phenoxy) is 1. The first-order valence-electron chi connectivity index (χ1n) is 4.78. The Labute approximate surface area is 86.0 Å². The molecule has 3 heteroatoms. The molecule has 0 spiro atoms. The quantitative estimate of drug-likeness (QED) is 0.459. The molecule has 80 valence electrons. The maximum absolute atomic E-state index is 11.2. The van der Waals surface area contributed by atoms with E-state index in [-0.39, 0.29) is 18.6 Å². The molecule has 0 saturated heterocycles. The zero-order valence-electron chi connectivity index (χ0n) is 9.03. The Morgan fingerprint density at radius 3 is 2.64 bits per heavy atom. The first kappa shape index (κ1) is 12.9. The minimum absolute atomic E-state index is 0.150. The van der Waals surface area contributed by atoms with Gasteiger partial charge in [0, 0.05) is 12.6 Å². The lowest BCUT2D eigenvalue weighted by Crippen LogP contribution is -2.37. The van der Waals surface area contributed by atoms with Gasteiger partial charge in [0.05, 0.1) is 13.2 Å². The van der Waals surface area contributed by atoms with Gasteiger partial charge in [0.2, 0.25) is 0 Å². The Morgan fingerprint density at radius 1 is 1.57 bits per heavy atom. The zero-order valence-corrected chi connectivity index (χ0v) is 9.03. The molecule has 1 unspecified atom stereocenters. The van der Waals surface area contributed by atoms with Crippen molar-refractivity contribution < 1.29 is 9.53 Å². The topological polar surface area (TPSA) is 29.5 Å². The minimum atomic E-state index is -0.206. The fourth-order valence-corrected chi connectivity index (χ4v) is 1.06. The standard InChI is InChI=1S/C11H19NO2/c1-5-8-12(10(4)6-2)9-11(13)14-7-3/h5-6,10H,1-2,7-9H2,3-4H3. The molecule has 0 aromatic heterocycles. The molecular weight excluding hydrogens is 178 g/mol. The Bertz CT molecular complexity index is 201. The van der Waals surface area contributed by atoms with Crippen molar-refractivity contribution in [3.63, 3.8) is 0 Å². The molecule has 0 bridgehead atoms. The van der Waals surface area contributed by atoms with Crippen molar-refractivity contribution in [1.29, 1.82) is 0 Å². The van der Waals surface area contributed by atoms with E-state index in [2.05, 4.69) is 13.2 Å². The minimum Gasteiger partial charge on any atom is -0.465 e. The van der Waals surface area contributed by atoms with Gasteiger partial charge in [-0.2, -0.15) is 0 Å². The summed E-state index contributed by atoms with van der Waals surface area (Å²) in [6.07, 6.45) is 3.56. The molecule has 1 atom stereocenters. The lowest BCUT2D eigenvalue weighted by Gasteiger charge is -2.24. The van der Waals surface area contributed by atoms with Crippen molar-refractivity contribution in [1.82, 2.24) is 4.90 Å². The van der Waals surface area contributed by atoms with Crippen LogP contribution in [0.25, 0.3) is 0 Å². The first-order valence-corrected chi connectivity index (χ1v) is 4.78. The number of nitrogens with zero attached hydrogens (tertiary/aromatic N) is 1. The predicted molar refractivity (Wildman–Crippen MR) is 58.1 cm³/mol. The molecule has 0 aromatic rings. The molecule has 14 heavy (non-hydrogen) atoms. The van der Waals surface area contributed by atoms with E-state index >= 15 is 0 Å². The zero-order chi connectivity index (χ0) is 11.0. The van der Waals surface area contributed by atoms with Crippen LogP contribution < -0.4 is 0 Å². The number of esters is 1. The number of hydrogen-bond acceptors (Lipinski definition) is 3. The molecule has 0 N–H and O–H groups in total. The summed E-state index contributed by atoms with van der Waals surface area (Å²) in [5.74, 6) is -0.206. The Balaban J connectivity index is 4.13. The van der Waals surface area contributed by atoms with E-state index in [1.807, 2.05) is 11.8 Å². The lowest BCUT2D eigenvalue weighted by atomic mass is 10.2. The predicted octanol–water partition coefficient (Wildman–Crippen LogP) is 1.61. The monoisotopic (exact) mass is 197 g/mol. The summed E-state index contributed by atoms with van der Waals surface area (Å²) in [6.45, 7) is 12.5. The van der Waals surface area contributed by atoms with Crippen molar-refractivity contribution in [2.24, 2.45) is 0 Å². The van der Waals surface area contributed by atoms with E-state index < -0.39 is 0 Å². The van der Waals surface area contributed by atoms with E-state index in [0.29, 0.717) is 13.2 Å². The summed E-state index contributed by atoms with van der Waals surface area (Å²) in [5, 5.41) is 0. The van der Waals surface area contributed by atoms with Crippen LogP contribution in [-0.4, -0.2) is 36.6 Å². The second kappa shape index (κ2) is 7.33. The largest absolute Gasteiger partial charge is 0.465 e. The summed E-state index contributed by atoms with van der Waals surface area (Å²) in [4.78, 5) is 13.2. The van der Waals surface area contributed by atoms with E-state index in [0.717, 1.165) is 0 Å². The molecule has 0 aliphatic rings. The molecule has 0 aliphatic heterocycles. The van der Waals surface area contributed by atoms with Crippen LogP contribution >= 0.6 is 0 Å². The highest BCUT2D eigenvalue weighted by molar-refractivity contribution is 5.71. The molecule has 0 fully saturated rings. The van der Waals surface area contributed by atoms with Crippen LogP contribution in [-0.2, 0) is 9.53 Å². The number of carbonyl (C=O) groups excluding carboxylic acids is 1. The fourth-order valence-electron chi connectivity index (χ4n) is 1.06. The van der Waals surface area contributed by atoms with Crippen LogP contribution in [0.3, 0.4) is 0 Å². The van der Waals surface area contributed by atoms with Gasteiger partial charge in [-0.05, 0) is 13.8 Å². The average molecular weight is 197 g/mol. The lowest BCUT2D eigenvalue weighted by molar-refractivity contribution is -0.144. The number of hydrogen-bond donors (Lipinski definition) is 0. The molecule has 0 rings (SSSR count). The third-order valence-electron chi connectivity index (χ3n) is 1.92. The maximum atomic E-state index is 11.2. The third kappa shape index (κ3) is 4.82. The van der Waals surface area contributed by atoms with Crippen LogP contribution in [0.4, 0.5) is 0 Å². The molecule has 0 aliphatic carbocycles. The van der Waals surface area contributed by atoms with Crippen LogP contribution in [0.5, 0.6) is 0 Å². The van der Waals surface area contributed by atoms with Crippen molar-refractivity contribution in [3.05, 3.63) is 25.3 Å². The molecule has 0 heterocycles. The molecule has 3 nitrogen and oxygen atoms in total. The molecule has 0 saturated carbocycles. The van der Waals surface area contributed by atoms with Crippen LogP contribution in [0.2, 0.25) is 0 Å². The van der Waals surface area contributed by atoms with Crippen molar-refractivity contribution >= 4 is 5.97 Å². The third-order valence-corrected chi connectivity index (χ3v) is 1.92. The number of rotatable bonds is 7. The van der Waals surface area contributed by atoms with Crippen molar-refractivity contribution in [3.8, 4) is 0 Å². The average Bonchev–Trinajstić information content (AvgIpc) is 2.16. The smallest absolute Gasteiger partial charge is 0.320 e. The second-order valence-electron chi connectivity index (χ2n) is 3.00. The van der Waals surface area contributed by atoms with Gasteiger partial charge >= 0.3 is 5.97 Å². The van der Waals surface area contributed by atoms with Gasteiger partial charge in [-0.1, -0.05) is 12.2 Å². The number of carbonyl (C=O) groups is 1. The van der Waals surface area contributed by atoms with Gasteiger partial charge in [0.25, 0.3) is 0 Å². The van der Waals surface area contributed by atoms with Gasteiger partial charge < -0.3 is 4.74 Å². The van der Waals surface area contributed by atoms with E-state index in [4.69, 9.17) is 4.74 Å². The summed E-state index contributed by atoms with van der Waals surface area (Å²) < 4.78 is 4.86. The Morgan fingerprint density at radius 2 is 2.21 bits per heavy atom. The highest BCUT2D eigenvalue weighted by Gasteiger charge is 2.13. The van der Waals surface area contributed by atoms with Crippen molar-refractivity contribution in [2.75, 3.05) is 19.7 Å². The highest BCUT2D eigenvalue weighted by Crippen LogP contribution is 2.00. The summed E-state index contributed by atoms with van der Waals surface area (Å²) >= 11 is 0. The Hall–Kier alpha value is -1.09. The summed E-state index contributed by atoms with van der Waals surface area (Å²) in [7, 11) is 0. The van der Waals surface area contributed by atoms with E-state index in [1.54, 1.807) is 19.1 Å². The molecule has 0 aromatic carbocycles. The first-order chi connectivity index (χ1) is 6.65. The van der Waals surface area contributed by atoms with Gasteiger partial charge in [-0.15, -0.1) is 13.2 Å². The van der Waals surface area contributed by atoms with Crippen LogP contribution in [0.1, 0.15) is 13.8 Å².